The van der Waals surface area contributed by atoms with E-state index in [1.807, 2.05) is 35.2 Å². The molecule has 0 radical (unpaired) electrons. The minimum Gasteiger partial charge on any atom is -0.475 e. The van der Waals surface area contributed by atoms with Crippen molar-refractivity contribution >= 4 is 11.7 Å². The number of nitriles is 1. The zero-order valence-electron chi connectivity index (χ0n) is 11.7. The molecule has 1 N–H and O–H groups in total. The third kappa shape index (κ3) is 3.63. The molecule has 0 fully saturated rings. The highest BCUT2D eigenvalue weighted by atomic mass is 16.4. The van der Waals surface area contributed by atoms with E-state index >= 15 is 0 Å². The lowest BCUT2D eigenvalue weighted by Crippen LogP contribution is -2.23. The Morgan fingerprint density at radius 3 is 2.67 bits per heavy atom. The highest BCUT2D eigenvalue weighted by molar-refractivity contribution is 5.84. The number of aryl methyl sites for hydroxylation is 1. The van der Waals surface area contributed by atoms with Gasteiger partial charge >= 0.3 is 5.97 Å². The first kappa shape index (κ1) is 14.7. The van der Waals surface area contributed by atoms with Gasteiger partial charge in [-0.1, -0.05) is 18.2 Å². The van der Waals surface area contributed by atoms with Crippen molar-refractivity contribution in [2.24, 2.45) is 0 Å². The van der Waals surface area contributed by atoms with Crippen LogP contribution < -0.4 is 4.90 Å². The molecule has 1 heterocycles. The van der Waals surface area contributed by atoms with E-state index in [0.717, 1.165) is 11.3 Å². The van der Waals surface area contributed by atoms with Gasteiger partial charge in [-0.3, -0.25) is 0 Å². The number of nitrogens with zero attached hydrogens (tertiary/aromatic N) is 2. The Hall–Kier alpha value is -2.74. The van der Waals surface area contributed by atoms with E-state index in [1.165, 1.54) is 0 Å². The number of benzene rings is 1. The van der Waals surface area contributed by atoms with E-state index in [2.05, 4.69) is 6.07 Å². The molecule has 1 aromatic carbocycles. The lowest BCUT2D eigenvalue weighted by molar-refractivity contribution is 0.0661. The van der Waals surface area contributed by atoms with Crippen LogP contribution in [0.1, 0.15) is 28.3 Å². The quantitative estimate of drug-likeness (QED) is 0.881. The SMILES string of the molecule is Cc1oc(C(=O)O)cc1CN(CCC#N)c1ccccc1. The maximum atomic E-state index is 10.9. The van der Waals surface area contributed by atoms with Crippen LogP contribution in [0.4, 0.5) is 5.69 Å². The number of carboxylic acid groups (broad SMARTS) is 1. The maximum absolute atomic E-state index is 10.9. The molecule has 0 spiro atoms. The highest BCUT2D eigenvalue weighted by Crippen LogP contribution is 2.21. The van der Waals surface area contributed by atoms with Gasteiger partial charge in [0.1, 0.15) is 5.76 Å². The van der Waals surface area contributed by atoms with Crippen LogP contribution in [0.3, 0.4) is 0 Å². The Morgan fingerprint density at radius 2 is 2.10 bits per heavy atom. The standard InChI is InChI=1S/C16H16N2O3/c1-12-13(10-15(21-12)16(19)20)11-18(9-5-8-17)14-6-3-2-4-7-14/h2-4,6-7,10H,5,9,11H2,1H3,(H,19,20). The Labute approximate surface area is 123 Å². The average molecular weight is 284 g/mol. The first-order valence-electron chi connectivity index (χ1n) is 6.61. The van der Waals surface area contributed by atoms with Gasteiger partial charge < -0.3 is 14.4 Å². The summed E-state index contributed by atoms with van der Waals surface area (Å²) in [5.74, 6) is -0.547. The first-order chi connectivity index (χ1) is 10.1. The minimum absolute atomic E-state index is 0.0594. The zero-order chi connectivity index (χ0) is 15.2. The summed E-state index contributed by atoms with van der Waals surface area (Å²) in [5, 5.41) is 17.8. The molecule has 0 saturated carbocycles. The molecule has 0 saturated heterocycles. The lowest BCUT2D eigenvalue weighted by atomic mass is 10.2. The molecular formula is C16H16N2O3. The molecule has 0 atom stereocenters. The number of carboxylic acids is 1. The van der Waals surface area contributed by atoms with Gasteiger partial charge in [-0.15, -0.1) is 0 Å². The summed E-state index contributed by atoms with van der Waals surface area (Å²) in [7, 11) is 0. The van der Waals surface area contributed by atoms with E-state index in [1.54, 1.807) is 13.0 Å². The molecule has 108 valence electrons. The second-order valence-corrected chi connectivity index (χ2v) is 4.66. The first-order valence-corrected chi connectivity index (χ1v) is 6.61. The summed E-state index contributed by atoms with van der Waals surface area (Å²) in [6.07, 6.45) is 0.400. The molecule has 0 unspecified atom stereocenters. The van der Waals surface area contributed by atoms with Gasteiger partial charge in [-0.05, 0) is 25.1 Å². The normalized spacial score (nSPS) is 10.1. The van der Waals surface area contributed by atoms with Crippen molar-refractivity contribution in [1.82, 2.24) is 0 Å². The zero-order valence-corrected chi connectivity index (χ0v) is 11.7. The fraction of sp³-hybridized carbons (Fsp3) is 0.250. The topological polar surface area (TPSA) is 77.5 Å². The second kappa shape index (κ2) is 6.62. The Morgan fingerprint density at radius 1 is 1.38 bits per heavy atom. The number of furan rings is 1. The van der Waals surface area contributed by atoms with Gasteiger partial charge in [0.2, 0.25) is 5.76 Å². The van der Waals surface area contributed by atoms with E-state index in [4.69, 9.17) is 14.8 Å². The largest absolute Gasteiger partial charge is 0.475 e. The van der Waals surface area contributed by atoms with Crippen LogP contribution >= 0.6 is 0 Å². The lowest BCUT2D eigenvalue weighted by Gasteiger charge is -2.23. The Balaban J connectivity index is 2.23. The fourth-order valence-electron chi connectivity index (χ4n) is 2.11. The average Bonchev–Trinajstić information content (AvgIpc) is 2.86. The summed E-state index contributed by atoms with van der Waals surface area (Å²) in [6.45, 7) is 2.83. The van der Waals surface area contributed by atoms with Crippen LogP contribution in [-0.2, 0) is 6.54 Å². The van der Waals surface area contributed by atoms with Crippen LogP contribution in [0.2, 0.25) is 0 Å². The molecule has 0 aliphatic rings. The van der Waals surface area contributed by atoms with Crippen molar-refractivity contribution < 1.29 is 14.3 Å². The van der Waals surface area contributed by atoms with Gasteiger partial charge in [0.15, 0.2) is 0 Å². The number of rotatable bonds is 6. The molecule has 2 aromatic rings. The predicted molar refractivity (Wildman–Crippen MR) is 78.1 cm³/mol. The summed E-state index contributed by atoms with van der Waals surface area (Å²) in [6, 6.07) is 13.4. The van der Waals surface area contributed by atoms with Crippen molar-refractivity contribution in [1.29, 1.82) is 5.26 Å². The summed E-state index contributed by atoms with van der Waals surface area (Å²) >= 11 is 0. The smallest absolute Gasteiger partial charge is 0.371 e. The van der Waals surface area contributed by atoms with Crippen molar-refractivity contribution in [3.63, 3.8) is 0 Å². The van der Waals surface area contributed by atoms with Gasteiger partial charge in [-0.25, -0.2) is 4.79 Å². The molecule has 0 bridgehead atoms. The number of carbonyl (C=O) groups is 1. The predicted octanol–water partition coefficient (Wildman–Crippen LogP) is 3.21. The van der Waals surface area contributed by atoms with E-state index in [0.29, 0.717) is 25.3 Å². The second-order valence-electron chi connectivity index (χ2n) is 4.66. The number of aromatic carboxylic acids is 1. The van der Waals surface area contributed by atoms with Gasteiger partial charge in [-0.2, -0.15) is 5.26 Å². The molecule has 1 aromatic heterocycles. The van der Waals surface area contributed by atoms with Crippen LogP contribution in [-0.4, -0.2) is 17.6 Å². The fourth-order valence-corrected chi connectivity index (χ4v) is 2.11. The van der Waals surface area contributed by atoms with Crippen LogP contribution in [0.15, 0.2) is 40.8 Å². The van der Waals surface area contributed by atoms with E-state index in [9.17, 15) is 4.79 Å². The number of para-hydroxylation sites is 1. The minimum atomic E-state index is -1.08. The van der Waals surface area contributed by atoms with Gasteiger partial charge in [0.25, 0.3) is 0 Å². The molecule has 0 aliphatic carbocycles. The summed E-state index contributed by atoms with van der Waals surface area (Å²) in [5.41, 5.74) is 1.81. The molecular weight excluding hydrogens is 268 g/mol. The Kier molecular flexibility index (Phi) is 4.62. The van der Waals surface area contributed by atoms with Crippen LogP contribution in [0.25, 0.3) is 0 Å². The maximum Gasteiger partial charge on any atom is 0.371 e. The van der Waals surface area contributed by atoms with Crippen LogP contribution in [0, 0.1) is 18.3 Å². The third-order valence-corrected chi connectivity index (χ3v) is 3.21. The molecule has 2 rings (SSSR count). The highest BCUT2D eigenvalue weighted by Gasteiger charge is 2.16. The van der Waals surface area contributed by atoms with Gasteiger partial charge in [0.05, 0.1) is 12.5 Å². The summed E-state index contributed by atoms with van der Waals surface area (Å²) in [4.78, 5) is 13.0. The molecule has 5 nitrogen and oxygen atoms in total. The monoisotopic (exact) mass is 284 g/mol. The van der Waals surface area contributed by atoms with Crippen molar-refractivity contribution in [2.75, 3.05) is 11.4 Å². The molecule has 0 aliphatic heterocycles. The number of anilines is 1. The third-order valence-electron chi connectivity index (χ3n) is 3.21. The van der Waals surface area contributed by atoms with Crippen molar-refractivity contribution in [3.8, 4) is 6.07 Å². The molecule has 5 heteroatoms. The van der Waals surface area contributed by atoms with E-state index in [-0.39, 0.29) is 5.76 Å². The van der Waals surface area contributed by atoms with Crippen LogP contribution in [0.5, 0.6) is 0 Å². The molecule has 0 amide bonds. The molecule has 21 heavy (non-hydrogen) atoms. The Bertz CT molecular complexity index is 656. The number of hydrogen-bond acceptors (Lipinski definition) is 4. The van der Waals surface area contributed by atoms with E-state index < -0.39 is 5.97 Å². The summed E-state index contributed by atoms with van der Waals surface area (Å²) < 4.78 is 5.23. The van der Waals surface area contributed by atoms with Gasteiger partial charge in [0, 0.05) is 24.3 Å². The van der Waals surface area contributed by atoms with Crippen molar-refractivity contribution in [3.05, 3.63) is 53.5 Å². The van der Waals surface area contributed by atoms with Crippen molar-refractivity contribution in [2.45, 2.75) is 19.9 Å². The number of hydrogen-bond donors (Lipinski definition) is 1.